The second-order valence-corrected chi connectivity index (χ2v) is 6.07. The average molecular weight is 368 g/mol. The van der Waals surface area contributed by atoms with E-state index in [-0.39, 0.29) is 24.1 Å². The van der Waals surface area contributed by atoms with Crippen molar-refractivity contribution in [3.05, 3.63) is 71.3 Å². The Hall–Kier alpha value is -3.12. The molecule has 0 aliphatic heterocycles. The smallest absolute Gasteiger partial charge is 0.256 e. The average Bonchev–Trinajstić information content (AvgIpc) is 2.69. The number of nitrogens with two attached hydrogens (primary N) is 1. The van der Waals surface area contributed by atoms with Crippen LogP contribution in [0.15, 0.2) is 60.2 Å². The number of ether oxygens (including phenoxy) is 1. The van der Waals surface area contributed by atoms with Gasteiger partial charge in [0.05, 0.1) is 18.9 Å². The Balaban J connectivity index is 2.16. The highest BCUT2D eigenvalue weighted by Crippen LogP contribution is 2.18. The van der Waals surface area contributed by atoms with Gasteiger partial charge in [0.15, 0.2) is 5.78 Å². The van der Waals surface area contributed by atoms with E-state index >= 15 is 0 Å². The molecule has 1 unspecified atom stereocenters. The first-order valence-corrected chi connectivity index (χ1v) is 8.57. The molecule has 0 radical (unpaired) electrons. The lowest BCUT2D eigenvalue weighted by Gasteiger charge is -2.14. The predicted molar refractivity (Wildman–Crippen MR) is 104 cm³/mol. The molecule has 1 amide bonds. The van der Waals surface area contributed by atoms with Crippen LogP contribution in [0.2, 0.25) is 0 Å². The predicted octanol–water partition coefficient (Wildman–Crippen LogP) is 1.67. The van der Waals surface area contributed by atoms with Gasteiger partial charge >= 0.3 is 0 Å². The number of amides is 1. The van der Waals surface area contributed by atoms with Crippen LogP contribution in [-0.2, 0) is 16.0 Å². The maximum atomic E-state index is 12.7. The number of aliphatic hydroxyl groups excluding tert-OH is 1. The van der Waals surface area contributed by atoms with E-state index < -0.39 is 17.8 Å². The van der Waals surface area contributed by atoms with E-state index in [2.05, 4.69) is 5.32 Å². The molecule has 0 aliphatic rings. The van der Waals surface area contributed by atoms with Gasteiger partial charge in [0.25, 0.3) is 5.91 Å². The molecule has 142 valence electrons. The first-order chi connectivity index (χ1) is 13.0. The van der Waals surface area contributed by atoms with E-state index in [4.69, 9.17) is 10.5 Å². The number of carbonyl (C=O) groups excluding carboxylic acids is 2. The molecule has 0 fully saturated rings. The Morgan fingerprint density at radius 1 is 1.11 bits per heavy atom. The number of methoxy groups -OCH3 is 1. The van der Waals surface area contributed by atoms with Crippen molar-refractivity contribution in [2.45, 2.75) is 18.9 Å². The summed E-state index contributed by atoms with van der Waals surface area (Å²) in [6.45, 7) is 0. The molecule has 0 saturated heterocycles. The minimum absolute atomic E-state index is 0.0941. The zero-order chi connectivity index (χ0) is 19.8. The van der Waals surface area contributed by atoms with Crippen molar-refractivity contribution in [3.8, 4) is 5.75 Å². The maximum Gasteiger partial charge on any atom is 0.256 e. The summed E-state index contributed by atoms with van der Waals surface area (Å²) < 4.78 is 5.10. The van der Waals surface area contributed by atoms with Gasteiger partial charge in [-0.3, -0.25) is 9.59 Å². The maximum absolute atomic E-state index is 12.7. The molecule has 0 saturated carbocycles. The van der Waals surface area contributed by atoms with E-state index in [9.17, 15) is 14.7 Å². The van der Waals surface area contributed by atoms with E-state index in [0.717, 1.165) is 5.56 Å². The first-order valence-electron chi connectivity index (χ1n) is 8.57. The zero-order valence-electron chi connectivity index (χ0n) is 15.4. The third-order valence-electron chi connectivity index (χ3n) is 4.14. The molecule has 0 bridgehead atoms. The van der Waals surface area contributed by atoms with Crippen LogP contribution in [0.4, 0.5) is 0 Å². The molecule has 6 heteroatoms. The first kappa shape index (κ1) is 20.2. The van der Waals surface area contributed by atoms with Gasteiger partial charge in [-0.05, 0) is 29.7 Å². The molecular weight excluding hydrogens is 344 g/mol. The normalized spacial score (nSPS) is 12.7. The van der Waals surface area contributed by atoms with E-state index in [1.54, 1.807) is 43.5 Å². The monoisotopic (exact) mass is 368 g/mol. The number of aliphatic hydroxyl groups is 1. The minimum atomic E-state index is -0.936. The van der Waals surface area contributed by atoms with Gasteiger partial charge in [0, 0.05) is 13.5 Å². The van der Waals surface area contributed by atoms with Crippen LogP contribution in [-0.4, -0.2) is 37.1 Å². The lowest BCUT2D eigenvalue weighted by Crippen LogP contribution is -2.30. The van der Waals surface area contributed by atoms with Crippen molar-refractivity contribution < 1.29 is 19.4 Å². The highest BCUT2D eigenvalue weighted by molar-refractivity contribution is 6.24. The Bertz CT molecular complexity index is 814. The molecule has 1 atom stereocenters. The molecule has 0 heterocycles. The molecule has 0 aliphatic carbocycles. The Morgan fingerprint density at radius 3 is 2.30 bits per heavy atom. The molecule has 2 aromatic rings. The van der Waals surface area contributed by atoms with Gasteiger partial charge in [0.1, 0.15) is 11.3 Å². The van der Waals surface area contributed by atoms with Crippen LogP contribution in [0.5, 0.6) is 5.75 Å². The number of benzene rings is 2. The van der Waals surface area contributed by atoms with Crippen molar-refractivity contribution in [3.63, 3.8) is 0 Å². The Kier molecular flexibility index (Phi) is 7.14. The van der Waals surface area contributed by atoms with Gasteiger partial charge in [-0.1, -0.05) is 42.5 Å². The summed E-state index contributed by atoms with van der Waals surface area (Å²) in [5.74, 6) is -0.362. The molecule has 0 aromatic heterocycles. The lowest BCUT2D eigenvalue weighted by molar-refractivity contribution is -0.123. The van der Waals surface area contributed by atoms with Gasteiger partial charge in [-0.25, -0.2) is 0 Å². The third kappa shape index (κ3) is 5.43. The van der Waals surface area contributed by atoms with E-state index in [1.807, 2.05) is 18.2 Å². The number of nitrogens with one attached hydrogen (secondary N) is 1. The summed E-state index contributed by atoms with van der Waals surface area (Å²) in [5.41, 5.74) is 7.47. The largest absolute Gasteiger partial charge is 0.497 e. The van der Waals surface area contributed by atoms with Crippen molar-refractivity contribution in [2.24, 2.45) is 5.73 Å². The standard InChI is InChI=1S/C21H24N2O4/c1-23-21(26)19(20(22)15-6-4-3-5-7-15)18(25)13-16(24)12-14-8-10-17(27-2)11-9-14/h3-11,16,24H,12-13,22H2,1-2H3,(H,23,26). The Morgan fingerprint density at radius 2 is 1.74 bits per heavy atom. The van der Waals surface area contributed by atoms with Gasteiger partial charge in [0.2, 0.25) is 0 Å². The highest BCUT2D eigenvalue weighted by Gasteiger charge is 2.24. The van der Waals surface area contributed by atoms with Gasteiger partial charge in [-0.15, -0.1) is 0 Å². The summed E-state index contributed by atoms with van der Waals surface area (Å²) >= 11 is 0. The fourth-order valence-corrected chi connectivity index (χ4v) is 2.71. The molecule has 27 heavy (non-hydrogen) atoms. The summed E-state index contributed by atoms with van der Waals surface area (Å²) in [5, 5.41) is 12.7. The van der Waals surface area contributed by atoms with Crippen LogP contribution < -0.4 is 15.8 Å². The number of hydrogen-bond donors (Lipinski definition) is 3. The summed E-state index contributed by atoms with van der Waals surface area (Å²) in [6.07, 6.45) is -0.862. The number of likely N-dealkylation sites (N-methyl/N-ethyl adjacent to an activating group) is 1. The van der Waals surface area contributed by atoms with Crippen molar-refractivity contribution in [1.82, 2.24) is 5.32 Å². The van der Waals surface area contributed by atoms with E-state index in [1.165, 1.54) is 7.05 Å². The van der Waals surface area contributed by atoms with Gasteiger partial charge < -0.3 is 20.9 Å². The molecule has 4 N–H and O–H groups in total. The van der Waals surface area contributed by atoms with Crippen molar-refractivity contribution in [1.29, 1.82) is 0 Å². The lowest BCUT2D eigenvalue weighted by atomic mass is 9.96. The van der Waals surface area contributed by atoms with Crippen LogP contribution >= 0.6 is 0 Å². The minimum Gasteiger partial charge on any atom is -0.497 e. The molecular formula is C21H24N2O4. The van der Waals surface area contributed by atoms with Crippen LogP contribution in [0.1, 0.15) is 17.5 Å². The summed E-state index contributed by atoms with van der Waals surface area (Å²) in [7, 11) is 3.01. The summed E-state index contributed by atoms with van der Waals surface area (Å²) in [6, 6.07) is 16.0. The fraction of sp³-hybridized carbons (Fsp3) is 0.238. The van der Waals surface area contributed by atoms with Crippen LogP contribution in [0, 0.1) is 0 Å². The molecule has 2 rings (SSSR count). The Labute approximate surface area is 158 Å². The van der Waals surface area contributed by atoms with Gasteiger partial charge in [-0.2, -0.15) is 0 Å². The number of Topliss-reactive ketones (excluding diaryl/α,β-unsaturated/α-hetero) is 1. The van der Waals surface area contributed by atoms with Crippen LogP contribution in [0.25, 0.3) is 5.70 Å². The topological polar surface area (TPSA) is 102 Å². The number of carbonyl (C=O) groups is 2. The quantitative estimate of drug-likeness (QED) is 0.374. The molecule has 6 nitrogen and oxygen atoms in total. The van der Waals surface area contributed by atoms with E-state index in [0.29, 0.717) is 11.3 Å². The summed E-state index contributed by atoms with van der Waals surface area (Å²) in [4.78, 5) is 24.9. The second-order valence-electron chi connectivity index (χ2n) is 6.07. The SMILES string of the molecule is CNC(=O)C(C(=O)CC(O)Cc1ccc(OC)cc1)=C(N)c1ccccc1. The number of ketones is 1. The fourth-order valence-electron chi connectivity index (χ4n) is 2.71. The highest BCUT2D eigenvalue weighted by atomic mass is 16.5. The number of hydrogen-bond acceptors (Lipinski definition) is 5. The molecule has 2 aromatic carbocycles. The molecule has 0 spiro atoms. The zero-order valence-corrected chi connectivity index (χ0v) is 15.4. The van der Waals surface area contributed by atoms with Crippen molar-refractivity contribution >= 4 is 17.4 Å². The van der Waals surface area contributed by atoms with Crippen LogP contribution in [0.3, 0.4) is 0 Å². The second kappa shape index (κ2) is 9.54. The van der Waals surface area contributed by atoms with Crippen molar-refractivity contribution in [2.75, 3.05) is 14.2 Å². The number of rotatable bonds is 8. The third-order valence-corrected chi connectivity index (χ3v) is 4.14.